The van der Waals surface area contributed by atoms with E-state index in [1.807, 2.05) is 0 Å². The van der Waals surface area contributed by atoms with Gasteiger partial charge in [0, 0.05) is 46.3 Å². The average molecular weight is 442 g/mol. The summed E-state index contributed by atoms with van der Waals surface area (Å²) in [7, 11) is 3.85. The van der Waals surface area contributed by atoms with Crippen LogP contribution in [0.15, 0.2) is 24.3 Å². The second kappa shape index (κ2) is 10.7. The molecule has 0 radical (unpaired) electrons. The van der Waals surface area contributed by atoms with E-state index in [9.17, 15) is 18.0 Å². The van der Waals surface area contributed by atoms with E-state index in [0.29, 0.717) is 12.5 Å². The number of hydrogen-bond acceptors (Lipinski definition) is 4. The highest BCUT2D eigenvalue weighted by molar-refractivity contribution is 5.70. The Labute approximate surface area is 183 Å². The quantitative estimate of drug-likeness (QED) is 0.648. The summed E-state index contributed by atoms with van der Waals surface area (Å²) < 4.78 is 43.1. The highest BCUT2D eigenvalue weighted by Gasteiger charge is 2.30. The van der Waals surface area contributed by atoms with Gasteiger partial charge in [-0.25, -0.2) is 4.79 Å². The van der Waals surface area contributed by atoms with Gasteiger partial charge in [0.25, 0.3) is 0 Å². The van der Waals surface area contributed by atoms with Crippen LogP contribution in [0.3, 0.4) is 0 Å². The molecule has 1 aliphatic carbocycles. The van der Waals surface area contributed by atoms with Crippen molar-refractivity contribution in [2.24, 2.45) is 11.8 Å². The zero-order valence-corrected chi connectivity index (χ0v) is 18.5. The van der Waals surface area contributed by atoms with Crippen molar-refractivity contribution in [2.75, 3.05) is 53.4 Å². The number of likely N-dealkylation sites (N-methyl/N-ethyl adjacent to an activating group) is 1. The van der Waals surface area contributed by atoms with E-state index in [0.717, 1.165) is 37.6 Å². The van der Waals surface area contributed by atoms with Crippen LogP contribution in [-0.4, -0.2) is 74.2 Å². The van der Waals surface area contributed by atoms with Gasteiger partial charge in [-0.3, -0.25) is 0 Å². The fourth-order valence-corrected chi connectivity index (χ4v) is 4.46. The summed E-state index contributed by atoms with van der Waals surface area (Å²) in [6.45, 7) is 6.45. The summed E-state index contributed by atoms with van der Waals surface area (Å²) in [6, 6.07) is 4.19. The van der Waals surface area contributed by atoms with Crippen molar-refractivity contribution in [3.05, 3.63) is 29.8 Å². The number of benzene rings is 1. The van der Waals surface area contributed by atoms with Crippen LogP contribution in [0, 0.1) is 11.8 Å². The minimum Gasteiger partial charge on any atom is -0.410 e. The fourth-order valence-electron chi connectivity index (χ4n) is 4.46. The minimum absolute atomic E-state index is 0.120. The zero-order chi connectivity index (χ0) is 22.4. The molecule has 1 aromatic carbocycles. The molecule has 0 atom stereocenters. The molecule has 1 heterocycles. The summed E-state index contributed by atoms with van der Waals surface area (Å²) in [4.78, 5) is 18.7. The van der Waals surface area contributed by atoms with Crippen molar-refractivity contribution >= 4 is 6.09 Å². The lowest BCUT2D eigenvalue weighted by Gasteiger charge is -2.37. The van der Waals surface area contributed by atoms with Gasteiger partial charge < -0.3 is 19.4 Å². The second-order valence-electron chi connectivity index (χ2n) is 9.09. The first kappa shape index (κ1) is 23.9. The monoisotopic (exact) mass is 441 g/mol. The lowest BCUT2D eigenvalue weighted by Crippen LogP contribution is -2.46. The van der Waals surface area contributed by atoms with E-state index in [1.165, 1.54) is 62.4 Å². The van der Waals surface area contributed by atoms with Gasteiger partial charge in [-0.05, 0) is 62.4 Å². The van der Waals surface area contributed by atoms with Crippen molar-refractivity contribution in [1.29, 1.82) is 0 Å². The third-order valence-electron chi connectivity index (χ3n) is 6.65. The number of carbonyl (C=O) groups is 1. The lowest BCUT2D eigenvalue weighted by molar-refractivity contribution is -0.137. The number of nitrogens with zero attached hydrogens (tertiary/aromatic N) is 3. The first-order valence-electron chi connectivity index (χ1n) is 11.2. The maximum atomic E-state index is 12.6. The largest absolute Gasteiger partial charge is 0.416 e. The molecule has 0 spiro atoms. The summed E-state index contributed by atoms with van der Waals surface area (Å²) in [5, 5.41) is 0. The number of halogens is 3. The van der Waals surface area contributed by atoms with Crippen molar-refractivity contribution in [2.45, 2.75) is 38.3 Å². The molecule has 5 nitrogen and oxygen atoms in total. The van der Waals surface area contributed by atoms with Crippen molar-refractivity contribution in [3.63, 3.8) is 0 Å². The smallest absolute Gasteiger partial charge is 0.410 e. The van der Waals surface area contributed by atoms with Crippen LogP contribution in [0.4, 0.5) is 18.0 Å². The Balaban J connectivity index is 1.34. The number of hydrogen-bond donors (Lipinski definition) is 0. The van der Waals surface area contributed by atoms with E-state index in [-0.39, 0.29) is 5.75 Å². The Kier molecular flexibility index (Phi) is 8.22. The molecular formula is C23H34F3N3O2. The van der Waals surface area contributed by atoms with Crippen LogP contribution in [0.1, 0.15) is 37.7 Å². The first-order valence-corrected chi connectivity index (χ1v) is 11.2. The number of alkyl halides is 3. The highest BCUT2D eigenvalue weighted by Crippen LogP contribution is 2.32. The van der Waals surface area contributed by atoms with Gasteiger partial charge >= 0.3 is 12.3 Å². The molecule has 1 saturated carbocycles. The van der Waals surface area contributed by atoms with E-state index in [4.69, 9.17) is 4.74 Å². The summed E-state index contributed by atoms with van der Waals surface area (Å²) in [5.41, 5.74) is -0.760. The summed E-state index contributed by atoms with van der Waals surface area (Å²) in [5.74, 6) is 1.52. The van der Waals surface area contributed by atoms with Crippen LogP contribution in [0.5, 0.6) is 5.75 Å². The predicted molar refractivity (Wildman–Crippen MR) is 114 cm³/mol. The zero-order valence-electron chi connectivity index (χ0n) is 18.5. The average Bonchev–Trinajstić information content (AvgIpc) is 2.74. The van der Waals surface area contributed by atoms with E-state index < -0.39 is 17.8 Å². The number of rotatable bonds is 6. The molecule has 1 aliphatic heterocycles. The third kappa shape index (κ3) is 7.38. The maximum Gasteiger partial charge on any atom is 0.416 e. The molecule has 3 rings (SSSR count). The van der Waals surface area contributed by atoms with Crippen LogP contribution in [-0.2, 0) is 6.18 Å². The molecule has 31 heavy (non-hydrogen) atoms. The number of carbonyl (C=O) groups excluding carboxylic acids is 1. The molecule has 0 unspecified atom stereocenters. The SMILES string of the molecule is CN1CCN(CC2CCC(CCN(C)C(=O)Oc3ccc(C(F)(F)F)cc3)CC2)CC1. The van der Waals surface area contributed by atoms with E-state index in [1.54, 1.807) is 7.05 Å². The van der Waals surface area contributed by atoms with Gasteiger partial charge in [0.05, 0.1) is 5.56 Å². The summed E-state index contributed by atoms with van der Waals surface area (Å²) in [6.07, 6.45) is 0.875. The predicted octanol–water partition coefficient (Wildman–Crippen LogP) is 4.58. The Morgan fingerprint density at radius 1 is 1.03 bits per heavy atom. The van der Waals surface area contributed by atoms with Gasteiger partial charge in [-0.15, -0.1) is 0 Å². The molecule has 1 saturated heterocycles. The molecular weight excluding hydrogens is 407 g/mol. The van der Waals surface area contributed by atoms with Gasteiger partial charge in [0.2, 0.25) is 0 Å². The van der Waals surface area contributed by atoms with Crippen LogP contribution >= 0.6 is 0 Å². The second-order valence-corrected chi connectivity index (χ2v) is 9.09. The molecule has 2 fully saturated rings. The Hall–Kier alpha value is -1.80. The van der Waals surface area contributed by atoms with E-state index >= 15 is 0 Å². The molecule has 0 aromatic heterocycles. The van der Waals surface area contributed by atoms with Crippen LogP contribution in [0.25, 0.3) is 0 Å². The fraction of sp³-hybridized carbons (Fsp3) is 0.696. The van der Waals surface area contributed by atoms with Crippen LogP contribution < -0.4 is 4.74 Å². The van der Waals surface area contributed by atoms with Crippen molar-refractivity contribution < 1.29 is 22.7 Å². The molecule has 0 N–H and O–H groups in total. The normalized spacial score (nSPS) is 23.5. The topological polar surface area (TPSA) is 36.0 Å². The Bertz CT molecular complexity index is 695. The lowest BCUT2D eigenvalue weighted by atomic mass is 9.80. The number of piperazine rings is 1. The maximum absolute atomic E-state index is 12.6. The summed E-state index contributed by atoms with van der Waals surface area (Å²) >= 11 is 0. The number of ether oxygens (including phenoxy) is 1. The molecule has 0 bridgehead atoms. The molecule has 1 aromatic rings. The molecule has 8 heteroatoms. The standard InChI is InChI=1S/C23H34F3N3O2/c1-27-13-15-29(16-14-27)17-19-5-3-18(4-6-19)11-12-28(2)22(30)31-21-9-7-20(8-10-21)23(24,25)26/h7-10,18-19H,3-6,11-17H2,1-2H3. The molecule has 2 aliphatic rings. The Morgan fingerprint density at radius 3 is 2.19 bits per heavy atom. The highest BCUT2D eigenvalue weighted by atomic mass is 19.4. The third-order valence-corrected chi connectivity index (χ3v) is 6.65. The van der Waals surface area contributed by atoms with E-state index in [2.05, 4.69) is 16.8 Å². The van der Waals surface area contributed by atoms with Crippen molar-refractivity contribution in [1.82, 2.24) is 14.7 Å². The minimum atomic E-state index is -4.40. The molecule has 174 valence electrons. The van der Waals surface area contributed by atoms with Gasteiger partial charge in [-0.1, -0.05) is 12.8 Å². The van der Waals surface area contributed by atoms with Crippen molar-refractivity contribution in [3.8, 4) is 5.75 Å². The van der Waals surface area contributed by atoms with Crippen LogP contribution in [0.2, 0.25) is 0 Å². The van der Waals surface area contributed by atoms with Gasteiger partial charge in [0.1, 0.15) is 5.75 Å². The first-order chi connectivity index (χ1) is 14.7. The van der Waals surface area contributed by atoms with Gasteiger partial charge in [0.15, 0.2) is 0 Å². The molecule has 1 amide bonds. The Morgan fingerprint density at radius 2 is 1.61 bits per heavy atom. The number of amides is 1. The van der Waals surface area contributed by atoms with Gasteiger partial charge in [-0.2, -0.15) is 13.2 Å².